The quantitative estimate of drug-likeness (QED) is 0.753. The largest absolute Gasteiger partial charge is 0.469 e. The van der Waals surface area contributed by atoms with E-state index in [1.165, 1.54) is 0 Å². The van der Waals surface area contributed by atoms with Crippen molar-refractivity contribution in [1.29, 1.82) is 0 Å². The van der Waals surface area contributed by atoms with E-state index < -0.39 is 0 Å². The molecule has 4 nitrogen and oxygen atoms in total. The Bertz CT molecular complexity index is 820. The molecule has 0 amide bonds. The second-order valence-electron chi connectivity index (χ2n) is 4.81. The third-order valence-corrected chi connectivity index (χ3v) is 4.04. The van der Waals surface area contributed by atoms with Crippen molar-refractivity contribution >= 4 is 29.0 Å². The van der Waals surface area contributed by atoms with Gasteiger partial charge in [0.1, 0.15) is 23.5 Å². The molecule has 0 saturated heterocycles. The minimum Gasteiger partial charge on any atom is -0.469 e. The van der Waals surface area contributed by atoms with Crippen molar-refractivity contribution in [3.63, 3.8) is 0 Å². The second kappa shape index (κ2) is 5.13. The smallest absolute Gasteiger partial charge is 0.129 e. The molecule has 0 aliphatic heterocycles. The summed E-state index contributed by atoms with van der Waals surface area (Å²) >= 11 is 12.1. The minimum absolute atomic E-state index is 0.478. The molecule has 1 aromatic carbocycles. The van der Waals surface area contributed by atoms with Crippen LogP contribution in [0, 0.1) is 6.92 Å². The Morgan fingerprint density at radius 2 is 1.90 bits per heavy atom. The lowest BCUT2D eigenvalue weighted by Crippen LogP contribution is -1.98. The molecule has 0 spiro atoms. The highest BCUT2D eigenvalue weighted by Crippen LogP contribution is 2.38. The average Bonchev–Trinajstić information content (AvgIpc) is 2.99. The summed E-state index contributed by atoms with van der Waals surface area (Å²) < 4.78 is 7.00. The predicted octanol–water partition coefficient (Wildman–Crippen LogP) is 4.54. The first kappa shape index (κ1) is 14.0. The third kappa shape index (κ3) is 2.41. The number of furan rings is 1. The molecule has 0 atom stereocenters. The molecule has 108 valence electrons. The fraction of sp³-hybridized carbons (Fsp3) is 0.133. The fourth-order valence-electron chi connectivity index (χ4n) is 2.24. The summed E-state index contributed by atoms with van der Waals surface area (Å²) in [7, 11) is 1.80. The van der Waals surface area contributed by atoms with E-state index in [1.54, 1.807) is 30.1 Å². The second-order valence-corrected chi connectivity index (χ2v) is 5.62. The lowest BCUT2D eigenvalue weighted by Gasteiger charge is -2.05. The zero-order chi connectivity index (χ0) is 15.1. The number of anilines is 1. The molecule has 0 fully saturated rings. The van der Waals surface area contributed by atoms with Gasteiger partial charge in [0, 0.05) is 12.6 Å². The summed E-state index contributed by atoms with van der Waals surface area (Å²) in [6.45, 7) is 1.88. The van der Waals surface area contributed by atoms with E-state index >= 15 is 0 Å². The molecule has 21 heavy (non-hydrogen) atoms. The van der Waals surface area contributed by atoms with Gasteiger partial charge < -0.3 is 10.2 Å². The number of aromatic nitrogens is 2. The summed E-state index contributed by atoms with van der Waals surface area (Å²) in [6, 6.07) is 7.32. The number of hydrogen-bond donors (Lipinski definition) is 1. The number of halogens is 2. The van der Waals surface area contributed by atoms with E-state index in [-0.39, 0.29) is 0 Å². The van der Waals surface area contributed by atoms with Crippen molar-refractivity contribution in [3.05, 3.63) is 46.3 Å². The predicted molar refractivity (Wildman–Crippen MR) is 85.5 cm³/mol. The van der Waals surface area contributed by atoms with Gasteiger partial charge in [-0.1, -0.05) is 29.3 Å². The number of nitrogens with zero attached hydrogens (tertiary/aromatic N) is 2. The van der Waals surface area contributed by atoms with Gasteiger partial charge in [-0.15, -0.1) is 0 Å². The van der Waals surface area contributed by atoms with Gasteiger partial charge in [0.05, 0.1) is 15.6 Å². The first-order valence-electron chi connectivity index (χ1n) is 6.30. The Labute approximate surface area is 132 Å². The van der Waals surface area contributed by atoms with E-state index in [4.69, 9.17) is 33.4 Å². The zero-order valence-electron chi connectivity index (χ0n) is 11.5. The molecule has 2 N–H and O–H groups in total. The lowest BCUT2D eigenvalue weighted by molar-refractivity contribution is 0.535. The molecule has 3 rings (SSSR count). The molecule has 0 unspecified atom stereocenters. The number of aryl methyl sites for hydroxylation is 2. The van der Waals surface area contributed by atoms with Crippen LogP contribution in [0.3, 0.4) is 0 Å². The Morgan fingerprint density at radius 1 is 1.14 bits per heavy atom. The molecule has 0 bridgehead atoms. The molecule has 3 aromatic rings. The van der Waals surface area contributed by atoms with Gasteiger partial charge in [0.25, 0.3) is 0 Å². The van der Waals surface area contributed by atoms with Crippen LogP contribution in [-0.2, 0) is 7.05 Å². The lowest BCUT2D eigenvalue weighted by atomic mass is 10.0. The van der Waals surface area contributed by atoms with Crippen molar-refractivity contribution in [3.8, 4) is 22.4 Å². The van der Waals surface area contributed by atoms with E-state index in [0.29, 0.717) is 15.9 Å². The summed E-state index contributed by atoms with van der Waals surface area (Å²) in [6.07, 6.45) is 1.66. The summed E-state index contributed by atoms with van der Waals surface area (Å²) in [5.41, 5.74) is 9.47. The standard InChI is InChI=1S/C15H13Cl2N3O/c1-8-5-10(7-21-8)14-13(15(18)20(2)19-14)9-3-4-11(16)12(17)6-9/h3-7H,18H2,1-2H3. The van der Waals surface area contributed by atoms with Crippen molar-refractivity contribution in [1.82, 2.24) is 9.78 Å². The fourth-order valence-corrected chi connectivity index (χ4v) is 2.54. The van der Waals surface area contributed by atoms with Crippen LogP contribution in [0.2, 0.25) is 10.0 Å². The van der Waals surface area contributed by atoms with Crippen LogP contribution < -0.4 is 5.73 Å². The van der Waals surface area contributed by atoms with E-state index in [1.807, 2.05) is 19.1 Å². The topological polar surface area (TPSA) is 57.0 Å². The number of nitrogens with two attached hydrogens (primary N) is 1. The highest BCUT2D eigenvalue weighted by molar-refractivity contribution is 6.42. The van der Waals surface area contributed by atoms with Crippen LogP contribution in [0.25, 0.3) is 22.4 Å². The molecule has 2 aromatic heterocycles. The van der Waals surface area contributed by atoms with Gasteiger partial charge in [0.15, 0.2) is 0 Å². The van der Waals surface area contributed by atoms with E-state index in [0.717, 1.165) is 28.1 Å². The van der Waals surface area contributed by atoms with Gasteiger partial charge in [-0.3, -0.25) is 4.68 Å². The van der Waals surface area contributed by atoms with Crippen LogP contribution in [0.15, 0.2) is 34.9 Å². The molecule has 6 heteroatoms. The van der Waals surface area contributed by atoms with Gasteiger partial charge >= 0.3 is 0 Å². The monoisotopic (exact) mass is 321 g/mol. The Hall–Kier alpha value is -1.91. The van der Waals surface area contributed by atoms with Gasteiger partial charge in [-0.05, 0) is 30.7 Å². The maximum atomic E-state index is 6.16. The van der Waals surface area contributed by atoms with Crippen molar-refractivity contribution in [2.24, 2.45) is 7.05 Å². The number of hydrogen-bond acceptors (Lipinski definition) is 3. The van der Waals surface area contributed by atoms with Crippen molar-refractivity contribution in [2.45, 2.75) is 6.92 Å². The Kier molecular flexibility index (Phi) is 3.43. The highest BCUT2D eigenvalue weighted by atomic mass is 35.5. The number of rotatable bonds is 2. The van der Waals surface area contributed by atoms with E-state index in [2.05, 4.69) is 5.10 Å². The van der Waals surface area contributed by atoms with Crippen molar-refractivity contribution < 1.29 is 4.42 Å². The first-order valence-corrected chi connectivity index (χ1v) is 7.06. The van der Waals surface area contributed by atoms with E-state index in [9.17, 15) is 0 Å². The van der Waals surface area contributed by atoms with Crippen LogP contribution >= 0.6 is 23.2 Å². The van der Waals surface area contributed by atoms with Gasteiger partial charge in [0.2, 0.25) is 0 Å². The van der Waals surface area contributed by atoms with Crippen LogP contribution in [-0.4, -0.2) is 9.78 Å². The molecule has 0 radical (unpaired) electrons. The molecule has 0 saturated carbocycles. The van der Waals surface area contributed by atoms with Gasteiger partial charge in [-0.25, -0.2) is 0 Å². The Morgan fingerprint density at radius 3 is 2.52 bits per heavy atom. The highest BCUT2D eigenvalue weighted by Gasteiger charge is 2.19. The van der Waals surface area contributed by atoms with Crippen LogP contribution in [0.1, 0.15) is 5.76 Å². The molecular formula is C15H13Cl2N3O. The summed E-state index contributed by atoms with van der Waals surface area (Å²) in [5.74, 6) is 1.37. The Balaban J connectivity index is 2.24. The number of nitrogen functional groups attached to an aromatic ring is 1. The maximum Gasteiger partial charge on any atom is 0.129 e. The van der Waals surface area contributed by atoms with Crippen LogP contribution in [0.4, 0.5) is 5.82 Å². The first-order chi connectivity index (χ1) is 9.97. The molecule has 0 aliphatic carbocycles. The third-order valence-electron chi connectivity index (χ3n) is 3.30. The average molecular weight is 322 g/mol. The summed E-state index contributed by atoms with van der Waals surface area (Å²) in [5, 5.41) is 5.46. The summed E-state index contributed by atoms with van der Waals surface area (Å²) in [4.78, 5) is 0. The number of benzene rings is 1. The normalized spacial score (nSPS) is 11.0. The van der Waals surface area contributed by atoms with Crippen LogP contribution in [0.5, 0.6) is 0 Å². The maximum absolute atomic E-state index is 6.16. The molecular weight excluding hydrogens is 309 g/mol. The minimum atomic E-state index is 0.478. The molecule has 2 heterocycles. The van der Waals surface area contributed by atoms with Gasteiger partial charge in [-0.2, -0.15) is 5.10 Å². The molecule has 0 aliphatic rings. The SMILES string of the molecule is Cc1cc(-c2nn(C)c(N)c2-c2ccc(Cl)c(Cl)c2)co1. The zero-order valence-corrected chi connectivity index (χ0v) is 13.0. The van der Waals surface area contributed by atoms with Crippen molar-refractivity contribution in [2.75, 3.05) is 5.73 Å².